The lowest BCUT2D eigenvalue weighted by Crippen LogP contribution is -2.49. The van der Waals surface area contributed by atoms with Gasteiger partial charge in [-0.25, -0.2) is 0 Å². The lowest BCUT2D eigenvalue weighted by atomic mass is 9.79. The molecule has 0 aromatic heterocycles. The van der Waals surface area contributed by atoms with E-state index in [0.29, 0.717) is 5.54 Å². The SMILES string of the molecule is CCCCCCCCCCCCCCCCCCCCC(CCCCCCCCC)(CCCCCCCCCCCCCCCCCCCC)N(CCC)CCC.Cl. The van der Waals surface area contributed by atoms with Crippen LogP contribution in [0.25, 0.3) is 0 Å². The Kier molecular flexibility index (Phi) is 53.7. The first-order chi connectivity index (χ1) is 28.2. The fourth-order valence-corrected chi connectivity index (χ4v) is 10.1. The molecule has 0 amide bonds. The first kappa shape index (κ1) is 60.3. The van der Waals surface area contributed by atoms with E-state index in [1.807, 2.05) is 0 Å². The summed E-state index contributed by atoms with van der Waals surface area (Å²) in [6.07, 6.45) is 70.2. The zero-order valence-corrected chi connectivity index (χ0v) is 42.5. The summed E-state index contributed by atoms with van der Waals surface area (Å²) in [5.41, 5.74) is 0.472. The van der Waals surface area contributed by atoms with Crippen LogP contribution < -0.4 is 0 Å². The number of nitrogens with zero attached hydrogens (tertiary/aromatic N) is 1. The smallest absolute Gasteiger partial charge is 0.0209 e. The van der Waals surface area contributed by atoms with Crippen molar-refractivity contribution < 1.29 is 0 Å². The highest BCUT2D eigenvalue weighted by Crippen LogP contribution is 2.36. The molecule has 0 unspecified atom stereocenters. The molecule has 0 N–H and O–H groups in total. The van der Waals surface area contributed by atoms with Crippen molar-refractivity contribution in [1.82, 2.24) is 4.90 Å². The predicted molar refractivity (Wildman–Crippen MR) is 272 cm³/mol. The molecule has 0 aromatic carbocycles. The van der Waals surface area contributed by atoms with Gasteiger partial charge in [-0.05, 0) is 45.2 Å². The highest BCUT2D eigenvalue weighted by molar-refractivity contribution is 5.85. The Hall–Kier alpha value is 0.250. The second-order valence-corrected chi connectivity index (χ2v) is 19.6. The molecule has 0 atom stereocenters. The highest BCUT2D eigenvalue weighted by Gasteiger charge is 2.34. The Morgan fingerprint density at radius 3 is 0.517 bits per heavy atom. The Balaban J connectivity index is 0. The van der Waals surface area contributed by atoms with Gasteiger partial charge in [0.05, 0.1) is 0 Å². The molecule has 0 aliphatic carbocycles. The van der Waals surface area contributed by atoms with Crippen LogP contribution in [0.2, 0.25) is 0 Å². The molecular formula is C56H116ClN. The van der Waals surface area contributed by atoms with Crippen LogP contribution in [0.15, 0.2) is 0 Å². The molecular weight excluding hydrogens is 722 g/mol. The maximum Gasteiger partial charge on any atom is 0.0209 e. The Morgan fingerprint density at radius 1 is 0.207 bits per heavy atom. The van der Waals surface area contributed by atoms with Gasteiger partial charge in [0.1, 0.15) is 0 Å². The van der Waals surface area contributed by atoms with Crippen molar-refractivity contribution in [2.24, 2.45) is 0 Å². The van der Waals surface area contributed by atoms with E-state index in [9.17, 15) is 0 Å². The van der Waals surface area contributed by atoms with E-state index in [1.54, 1.807) is 0 Å². The molecule has 352 valence electrons. The van der Waals surface area contributed by atoms with E-state index in [-0.39, 0.29) is 12.4 Å². The molecule has 0 saturated carbocycles. The van der Waals surface area contributed by atoms with Gasteiger partial charge in [0.2, 0.25) is 0 Å². The number of halogens is 1. The van der Waals surface area contributed by atoms with Crippen molar-refractivity contribution in [3.8, 4) is 0 Å². The largest absolute Gasteiger partial charge is 0.298 e. The molecule has 0 rings (SSSR count). The third-order valence-electron chi connectivity index (χ3n) is 13.9. The summed E-state index contributed by atoms with van der Waals surface area (Å²) in [4.78, 5) is 3.05. The van der Waals surface area contributed by atoms with Gasteiger partial charge in [0.15, 0.2) is 0 Å². The second kappa shape index (κ2) is 51.6. The van der Waals surface area contributed by atoms with Gasteiger partial charge >= 0.3 is 0 Å². The molecule has 58 heavy (non-hydrogen) atoms. The summed E-state index contributed by atoms with van der Waals surface area (Å²) in [7, 11) is 0. The minimum absolute atomic E-state index is 0. The monoisotopic (exact) mass is 838 g/mol. The van der Waals surface area contributed by atoms with Crippen molar-refractivity contribution >= 4 is 12.4 Å². The van der Waals surface area contributed by atoms with Crippen LogP contribution in [0.4, 0.5) is 0 Å². The maximum absolute atomic E-state index is 3.05. The van der Waals surface area contributed by atoms with Crippen LogP contribution in [-0.2, 0) is 0 Å². The third-order valence-corrected chi connectivity index (χ3v) is 13.9. The molecule has 0 spiro atoms. The number of hydrogen-bond donors (Lipinski definition) is 0. The summed E-state index contributed by atoms with van der Waals surface area (Å²) in [5.74, 6) is 0. The van der Waals surface area contributed by atoms with E-state index in [0.717, 1.165) is 0 Å². The van der Waals surface area contributed by atoms with Crippen LogP contribution in [0.5, 0.6) is 0 Å². The van der Waals surface area contributed by atoms with Gasteiger partial charge in [-0.3, -0.25) is 4.90 Å². The minimum Gasteiger partial charge on any atom is -0.298 e. The molecule has 0 aliphatic rings. The lowest BCUT2D eigenvalue weighted by molar-refractivity contribution is 0.0521. The Morgan fingerprint density at radius 2 is 0.362 bits per heavy atom. The molecule has 0 aliphatic heterocycles. The topological polar surface area (TPSA) is 3.24 Å². The van der Waals surface area contributed by atoms with E-state index < -0.39 is 0 Å². The van der Waals surface area contributed by atoms with E-state index in [1.165, 1.54) is 321 Å². The fraction of sp³-hybridized carbons (Fsp3) is 1.00. The normalized spacial score (nSPS) is 11.9. The molecule has 0 saturated heterocycles. The molecule has 0 radical (unpaired) electrons. The third kappa shape index (κ3) is 41.6. The minimum atomic E-state index is 0. The zero-order chi connectivity index (χ0) is 41.4. The number of hydrogen-bond acceptors (Lipinski definition) is 1. The fourth-order valence-electron chi connectivity index (χ4n) is 10.1. The Bertz CT molecular complexity index is 661. The van der Waals surface area contributed by atoms with Crippen molar-refractivity contribution in [3.63, 3.8) is 0 Å². The highest BCUT2D eigenvalue weighted by atomic mass is 35.5. The second-order valence-electron chi connectivity index (χ2n) is 19.6. The summed E-state index contributed by atoms with van der Waals surface area (Å²) in [5, 5.41) is 0. The first-order valence-corrected chi connectivity index (χ1v) is 28.0. The van der Waals surface area contributed by atoms with Gasteiger partial charge in [-0.2, -0.15) is 0 Å². The van der Waals surface area contributed by atoms with Crippen LogP contribution in [0.1, 0.15) is 343 Å². The average Bonchev–Trinajstić information content (AvgIpc) is 3.22. The van der Waals surface area contributed by atoms with E-state index in [2.05, 4.69) is 39.5 Å². The standard InChI is InChI=1S/C56H115N.ClH/c1-6-11-14-17-20-22-24-26-28-30-32-34-36-38-40-43-46-49-52-56(57(54-9-4)55-10-5,51-48-45-42-19-16-13-8-3)53-50-47-44-41-39-37-35-33-31-29-27-25-23-21-18-15-12-7-2;/h6-55H2,1-5H3;1H. The molecule has 0 bridgehead atoms. The molecule has 0 fully saturated rings. The van der Waals surface area contributed by atoms with E-state index >= 15 is 0 Å². The summed E-state index contributed by atoms with van der Waals surface area (Å²) in [6, 6.07) is 0. The lowest BCUT2D eigenvalue weighted by Gasteiger charge is -2.45. The Labute approximate surface area is 377 Å². The average molecular weight is 839 g/mol. The summed E-state index contributed by atoms with van der Waals surface area (Å²) >= 11 is 0. The van der Waals surface area contributed by atoms with Crippen LogP contribution >= 0.6 is 12.4 Å². The number of unbranched alkanes of at least 4 members (excludes halogenated alkanes) is 40. The van der Waals surface area contributed by atoms with Crippen LogP contribution in [0, 0.1) is 0 Å². The van der Waals surface area contributed by atoms with E-state index in [4.69, 9.17) is 0 Å². The maximum atomic E-state index is 3.05. The van der Waals surface area contributed by atoms with Gasteiger partial charge < -0.3 is 0 Å². The zero-order valence-electron chi connectivity index (χ0n) is 41.7. The van der Waals surface area contributed by atoms with Crippen molar-refractivity contribution in [3.05, 3.63) is 0 Å². The van der Waals surface area contributed by atoms with Crippen LogP contribution in [0.3, 0.4) is 0 Å². The van der Waals surface area contributed by atoms with Gasteiger partial charge in [-0.15, -0.1) is 12.4 Å². The van der Waals surface area contributed by atoms with Crippen molar-refractivity contribution in [2.75, 3.05) is 13.1 Å². The summed E-state index contributed by atoms with van der Waals surface area (Å²) in [6.45, 7) is 14.5. The molecule has 2 heteroatoms. The van der Waals surface area contributed by atoms with Gasteiger partial charge in [-0.1, -0.05) is 311 Å². The van der Waals surface area contributed by atoms with Gasteiger partial charge in [0.25, 0.3) is 0 Å². The van der Waals surface area contributed by atoms with Crippen molar-refractivity contribution in [1.29, 1.82) is 0 Å². The number of rotatable bonds is 51. The molecule has 1 nitrogen and oxygen atoms in total. The predicted octanol–water partition coefficient (Wildman–Crippen LogP) is 21.3. The quantitative estimate of drug-likeness (QED) is 0.0552. The van der Waals surface area contributed by atoms with Gasteiger partial charge in [0, 0.05) is 5.54 Å². The summed E-state index contributed by atoms with van der Waals surface area (Å²) < 4.78 is 0. The molecule has 0 aromatic rings. The van der Waals surface area contributed by atoms with Crippen LogP contribution in [-0.4, -0.2) is 23.5 Å². The van der Waals surface area contributed by atoms with Crippen molar-refractivity contribution in [2.45, 2.75) is 348 Å². The molecule has 0 heterocycles. The first-order valence-electron chi connectivity index (χ1n) is 28.0.